The predicted octanol–water partition coefficient (Wildman–Crippen LogP) is 3.73. The highest BCUT2D eigenvalue weighted by atomic mass is 16.5. The van der Waals surface area contributed by atoms with Gasteiger partial charge in [-0.3, -0.25) is 9.59 Å². The zero-order valence-corrected chi connectivity index (χ0v) is 17.4. The highest BCUT2D eigenvalue weighted by Gasteiger charge is 2.18. The van der Waals surface area contributed by atoms with Crippen LogP contribution in [0.5, 0.6) is 11.5 Å². The molecule has 6 nitrogen and oxygen atoms in total. The minimum Gasteiger partial charge on any atom is -0.493 e. The van der Waals surface area contributed by atoms with Crippen molar-refractivity contribution in [3.05, 3.63) is 52.6 Å². The summed E-state index contributed by atoms with van der Waals surface area (Å²) in [5, 5.41) is 2.91. The topological polar surface area (TPSA) is 67.9 Å². The van der Waals surface area contributed by atoms with Crippen molar-refractivity contribution < 1.29 is 19.1 Å². The highest BCUT2D eigenvalue weighted by Crippen LogP contribution is 2.28. The Morgan fingerprint density at radius 1 is 1.04 bits per heavy atom. The molecule has 0 aromatic heterocycles. The van der Waals surface area contributed by atoms with E-state index in [0.717, 1.165) is 22.4 Å². The number of aryl methyl sites for hydroxylation is 3. The molecular formula is C22H28N2O4. The molecule has 0 saturated carbocycles. The number of hydrogen-bond donors (Lipinski definition) is 1. The molecule has 0 bridgehead atoms. The smallest absolute Gasteiger partial charge is 0.254 e. The normalized spacial score (nSPS) is 10.4. The van der Waals surface area contributed by atoms with Gasteiger partial charge in [-0.15, -0.1) is 0 Å². The number of hydrogen-bond acceptors (Lipinski definition) is 4. The number of methoxy groups -OCH3 is 1. The number of amides is 2. The number of benzene rings is 2. The molecular weight excluding hydrogens is 356 g/mol. The molecule has 2 aromatic carbocycles. The SMILES string of the molecule is CCOc1ccc(C(=O)N(C)CC(=O)Nc2c(C)cc(C)cc2C)cc1OC. The Kier molecular flexibility index (Phi) is 7.04. The van der Waals surface area contributed by atoms with Crippen LogP contribution in [0.25, 0.3) is 0 Å². The van der Waals surface area contributed by atoms with Gasteiger partial charge in [0.25, 0.3) is 5.91 Å². The van der Waals surface area contributed by atoms with Gasteiger partial charge >= 0.3 is 0 Å². The molecule has 0 spiro atoms. The van der Waals surface area contributed by atoms with Gasteiger partial charge in [-0.05, 0) is 57.0 Å². The lowest BCUT2D eigenvalue weighted by atomic mass is 10.1. The van der Waals surface area contributed by atoms with Crippen LogP contribution in [-0.4, -0.2) is 44.0 Å². The number of anilines is 1. The van der Waals surface area contributed by atoms with E-state index in [4.69, 9.17) is 9.47 Å². The summed E-state index contributed by atoms with van der Waals surface area (Å²) in [5.74, 6) is 0.543. The van der Waals surface area contributed by atoms with Gasteiger partial charge < -0.3 is 19.7 Å². The summed E-state index contributed by atoms with van der Waals surface area (Å²) >= 11 is 0. The molecule has 150 valence electrons. The third-order valence-corrected chi connectivity index (χ3v) is 4.38. The molecule has 28 heavy (non-hydrogen) atoms. The van der Waals surface area contributed by atoms with Crippen molar-refractivity contribution in [3.8, 4) is 11.5 Å². The predicted molar refractivity (Wildman–Crippen MR) is 110 cm³/mol. The fraction of sp³-hybridized carbons (Fsp3) is 0.364. The van der Waals surface area contributed by atoms with Crippen LogP contribution in [-0.2, 0) is 4.79 Å². The van der Waals surface area contributed by atoms with Crippen LogP contribution in [0.1, 0.15) is 34.0 Å². The van der Waals surface area contributed by atoms with Crippen LogP contribution in [0.3, 0.4) is 0 Å². The largest absolute Gasteiger partial charge is 0.493 e. The summed E-state index contributed by atoms with van der Waals surface area (Å²) < 4.78 is 10.8. The Morgan fingerprint density at radius 2 is 1.68 bits per heavy atom. The quantitative estimate of drug-likeness (QED) is 0.790. The molecule has 0 heterocycles. The third kappa shape index (κ3) is 5.03. The van der Waals surface area contributed by atoms with Crippen molar-refractivity contribution >= 4 is 17.5 Å². The van der Waals surface area contributed by atoms with E-state index >= 15 is 0 Å². The maximum absolute atomic E-state index is 12.7. The van der Waals surface area contributed by atoms with Crippen LogP contribution in [0.15, 0.2) is 30.3 Å². The molecule has 0 aliphatic rings. The Balaban J connectivity index is 2.09. The van der Waals surface area contributed by atoms with Crippen LogP contribution < -0.4 is 14.8 Å². The Hall–Kier alpha value is -3.02. The maximum Gasteiger partial charge on any atom is 0.254 e. The molecule has 0 radical (unpaired) electrons. The molecule has 2 amide bonds. The lowest BCUT2D eigenvalue weighted by molar-refractivity contribution is -0.116. The maximum atomic E-state index is 12.7. The van der Waals surface area contributed by atoms with Crippen LogP contribution in [0, 0.1) is 20.8 Å². The lowest BCUT2D eigenvalue weighted by Gasteiger charge is -2.19. The summed E-state index contributed by atoms with van der Waals surface area (Å²) in [6.45, 7) is 8.25. The van der Waals surface area contributed by atoms with E-state index in [1.165, 1.54) is 12.0 Å². The lowest BCUT2D eigenvalue weighted by Crippen LogP contribution is -2.35. The number of nitrogens with zero attached hydrogens (tertiary/aromatic N) is 1. The minimum atomic E-state index is -0.270. The summed E-state index contributed by atoms with van der Waals surface area (Å²) in [4.78, 5) is 26.5. The fourth-order valence-corrected chi connectivity index (χ4v) is 3.14. The van der Waals surface area contributed by atoms with Crippen molar-refractivity contribution in [3.63, 3.8) is 0 Å². The third-order valence-electron chi connectivity index (χ3n) is 4.38. The molecule has 0 unspecified atom stereocenters. The number of rotatable bonds is 7. The Labute approximate surface area is 166 Å². The second kappa shape index (κ2) is 9.26. The van der Waals surface area contributed by atoms with Crippen molar-refractivity contribution in [2.24, 2.45) is 0 Å². The molecule has 6 heteroatoms. The van der Waals surface area contributed by atoms with Crippen LogP contribution in [0.4, 0.5) is 5.69 Å². The van der Waals surface area contributed by atoms with E-state index in [1.807, 2.05) is 39.8 Å². The molecule has 1 N–H and O–H groups in total. The first-order valence-corrected chi connectivity index (χ1v) is 9.20. The van der Waals surface area contributed by atoms with Gasteiger partial charge in [-0.2, -0.15) is 0 Å². The van der Waals surface area contributed by atoms with Crippen molar-refractivity contribution in [2.75, 3.05) is 32.6 Å². The van der Waals surface area contributed by atoms with Gasteiger partial charge in [0.1, 0.15) is 0 Å². The van der Waals surface area contributed by atoms with Crippen LogP contribution >= 0.6 is 0 Å². The van der Waals surface area contributed by atoms with Gasteiger partial charge in [-0.25, -0.2) is 0 Å². The van der Waals surface area contributed by atoms with E-state index in [9.17, 15) is 9.59 Å². The van der Waals surface area contributed by atoms with Crippen LogP contribution in [0.2, 0.25) is 0 Å². The second-order valence-electron chi connectivity index (χ2n) is 6.78. The summed E-state index contributed by atoms with van der Waals surface area (Å²) in [7, 11) is 3.12. The van der Waals surface area contributed by atoms with Gasteiger partial charge in [0.15, 0.2) is 11.5 Å². The average molecular weight is 384 g/mol. The van der Waals surface area contributed by atoms with E-state index in [2.05, 4.69) is 5.32 Å². The molecule has 0 saturated heterocycles. The summed E-state index contributed by atoms with van der Waals surface area (Å²) in [6, 6.07) is 9.02. The van der Waals surface area contributed by atoms with Gasteiger partial charge in [0.2, 0.25) is 5.91 Å². The second-order valence-corrected chi connectivity index (χ2v) is 6.78. The first kappa shape index (κ1) is 21.3. The van der Waals surface area contributed by atoms with E-state index in [1.54, 1.807) is 25.2 Å². The zero-order chi connectivity index (χ0) is 20.8. The zero-order valence-electron chi connectivity index (χ0n) is 17.4. The first-order chi connectivity index (χ1) is 13.3. The monoisotopic (exact) mass is 384 g/mol. The molecule has 2 aromatic rings. The fourth-order valence-electron chi connectivity index (χ4n) is 3.14. The number of ether oxygens (including phenoxy) is 2. The summed E-state index contributed by atoms with van der Waals surface area (Å²) in [6.07, 6.45) is 0. The van der Waals surface area contributed by atoms with Gasteiger partial charge in [0.05, 0.1) is 20.3 Å². The van der Waals surface area contributed by atoms with E-state index < -0.39 is 0 Å². The number of likely N-dealkylation sites (N-methyl/N-ethyl adjacent to an activating group) is 1. The first-order valence-electron chi connectivity index (χ1n) is 9.20. The minimum absolute atomic E-state index is 0.0544. The van der Waals surface area contributed by atoms with E-state index in [0.29, 0.717) is 23.7 Å². The standard InChI is InChI=1S/C22H28N2O4/c1-7-28-18-9-8-17(12-19(18)27-6)22(26)24(5)13-20(25)23-21-15(3)10-14(2)11-16(21)4/h8-12H,7,13H2,1-6H3,(H,23,25). The van der Waals surface area contributed by atoms with Gasteiger partial charge in [0, 0.05) is 18.3 Å². The molecule has 0 fully saturated rings. The number of carbonyl (C=O) groups excluding carboxylic acids is 2. The van der Waals surface area contributed by atoms with Crippen molar-refractivity contribution in [1.82, 2.24) is 4.90 Å². The summed E-state index contributed by atoms with van der Waals surface area (Å²) in [5.41, 5.74) is 4.36. The molecule has 0 aliphatic carbocycles. The van der Waals surface area contributed by atoms with Gasteiger partial charge in [-0.1, -0.05) is 17.7 Å². The highest BCUT2D eigenvalue weighted by molar-refractivity contribution is 6.00. The average Bonchev–Trinajstić information content (AvgIpc) is 2.64. The van der Waals surface area contributed by atoms with E-state index in [-0.39, 0.29) is 18.4 Å². The molecule has 0 atom stereocenters. The molecule has 0 aliphatic heterocycles. The Bertz CT molecular complexity index is 854. The van der Waals surface area contributed by atoms with Crippen molar-refractivity contribution in [1.29, 1.82) is 0 Å². The number of carbonyl (C=O) groups is 2. The molecule has 2 rings (SSSR count). The van der Waals surface area contributed by atoms with Crippen molar-refractivity contribution in [2.45, 2.75) is 27.7 Å². The number of nitrogens with one attached hydrogen (secondary N) is 1. The Morgan fingerprint density at radius 3 is 2.25 bits per heavy atom.